The molecule has 5 nitrogen and oxygen atoms in total. The molecule has 0 radical (unpaired) electrons. The first-order valence-electron chi connectivity index (χ1n) is 6.42. The zero-order valence-electron chi connectivity index (χ0n) is 11.5. The number of alkyl halides is 3. The number of carbonyl (C=O) groups excluding carboxylic acids is 1. The summed E-state index contributed by atoms with van der Waals surface area (Å²) in [6, 6.07) is 7.32. The van der Waals surface area contributed by atoms with Crippen LogP contribution in [0.15, 0.2) is 43.0 Å². The maximum Gasteiger partial charge on any atom is 0.411 e. The van der Waals surface area contributed by atoms with E-state index in [0.717, 1.165) is 11.3 Å². The molecule has 0 bridgehead atoms. The number of halogens is 3. The van der Waals surface area contributed by atoms with Crippen LogP contribution in [-0.4, -0.2) is 34.8 Å². The SMILES string of the molecule is O=C(COCC(F)(F)F)NCc1ccc(-n2ccnc2)cc1. The summed E-state index contributed by atoms with van der Waals surface area (Å²) in [6.07, 6.45) is 0.696. The maximum absolute atomic E-state index is 11.8. The molecule has 1 heterocycles. The molecule has 1 aromatic carbocycles. The van der Waals surface area contributed by atoms with Gasteiger partial charge in [-0.05, 0) is 17.7 Å². The number of ether oxygens (including phenoxy) is 1. The largest absolute Gasteiger partial charge is 0.411 e. The van der Waals surface area contributed by atoms with Crippen LogP contribution in [-0.2, 0) is 16.1 Å². The Morgan fingerprint density at radius 2 is 2.00 bits per heavy atom. The molecule has 0 saturated heterocycles. The molecule has 0 aliphatic carbocycles. The molecule has 8 heteroatoms. The van der Waals surface area contributed by atoms with Gasteiger partial charge in [0, 0.05) is 24.6 Å². The van der Waals surface area contributed by atoms with Crippen LogP contribution in [0.4, 0.5) is 13.2 Å². The molecule has 118 valence electrons. The molecule has 1 amide bonds. The summed E-state index contributed by atoms with van der Waals surface area (Å²) in [7, 11) is 0. The van der Waals surface area contributed by atoms with Gasteiger partial charge in [-0.15, -0.1) is 0 Å². The number of hydrogen-bond acceptors (Lipinski definition) is 3. The second-order valence-corrected chi connectivity index (χ2v) is 4.52. The first kappa shape index (κ1) is 16.0. The average Bonchev–Trinajstić information content (AvgIpc) is 2.98. The molecule has 0 fully saturated rings. The highest BCUT2D eigenvalue weighted by Crippen LogP contribution is 2.14. The lowest BCUT2D eigenvalue weighted by Crippen LogP contribution is -2.29. The van der Waals surface area contributed by atoms with E-state index in [9.17, 15) is 18.0 Å². The zero-order valence-corrected chi connectivity index (χ0v) is 11.5. The smallest absolute Gasteiger partial charge is 0.362 e. The summed E-state index contributed by atoms with van der Waals surface area (Å²) in [5, 5.41) is 2.49. The summed E-state index contributed by atoms with van der Waals surface area (Å²) >= 11 is 0. The van der Waals surface area contributed by atoms with Gasteiger partial charge in [-0.1, -0.05) is 12.1 Å². The summed E-state index contributed by atoms with van der Waals surface area (Å²) in [4.78, 5) is 15.3. The number of nitrogens with one attached hydrogen (secondary N) is 1. The third-order valence-corrected chi connectivity index (χ3v) is 2.73. The molecule has 0 unspecified atom stereocenters. The number of amides is 1. The summed E-state index contributed by atoms with van der Waals surface area (Å²) in [5.41, 5.74) is 1.74. The Morgan fingerprint density at radius 3 is 2.59 bits per heavy atom. The highest BCUT2D eigenvalue weighted by molar-refractivity contribution is 5.77. The zero-order chi connectivity index (χ0) is 16.0. The lowest BCUT2D eigenvalue weighted by Gasteiger charge is -2.09. The third kappa shape index (κ3) is 5.21. The van der Waals surface area contributed by atoms with Crippen molar-refractivity contribution in [1.29, 1.82) is 0 Å². The fourth-order valence-corrected chi connectivity index (χ4v) is 1.71. The van der Waals surface area contributed by atoms with E-state index >= 15 is 0 Å². The van der Waals surface area contributed by atoms with Crippen LogP contribution >= 0.6 is 0 Å². The van der Waals surface area contributed by atoms with Crippen molar-refractivity contribution in [3.63, 3.8) is 0 Å². The van der Waals surface area contributed by atoms with Gasteiger partial charge in [-0.3, -0.25) is 4.79 Å². The molecule has 0 aliphatic heterocycles. The predicted octanol–water partition coefficient (Wildman–Crippen LogP) is 2.07. The van der Waals surface area contributed by atoms with E-state index in [1.807, 2.05) is 28.8 Å². The Balaban J connectivity index is 1.76. The molecule has 1 aromatic heterocycles. The lowest BCUT2D eigenvalue weighted by atomic mass is 10.2. The van der Waals surface area contributed by atoms with Gasteiger partial charge in [0.1, 0.15) is 13.2 Å². The molecule has 2 aromatic rings. The topological polar surface area (TPSA) is 56.1 Å². The molecular formula is C14H14F3N3O2. The molecule has 0 atom stereocenters. The minimum absolute atomic E-state index is 0.221. The van der Waals surface area contributed by atoms with Crippen molar-refractivity contribution in [3.05, 3.63) is 48.5 Å². The summed E-state index contributed by atoms with van der Waals surface area (Å²) in [5.74, 6) is -0.595. The van der Waals surface area contributed by atoms with Crippen LogP contribution in [0.5, 0.6) is 0 Å². The summed E-state index contributed by atoms with van der Waals surface area (Å²) in [6.45, 7) is -1.83. The fraction of sp³-hybridized carbons (Fsp3) is 0.286. The van der Waals surface area contributed by atoms with E-state index in [0.29, 0.717) is 0 Å². The molecule has 0 saturated carbocycles. The van der Waals surface area contributed by atoms with Gasteiger partial charge in [0.2, 0.25) is 5.91 Å². The number of carbonyl (C=O) groups is 1. The Hall–Kier alpha value is -2.35. The van der Waals surface area contributed by atoms with E-state index in [1.165, 1.54) is 0 Å². The highest BCUT2D eigenvalue weighted by atomic mass is 19.4. The van der Waals surface area contributed by atoms with Crippen LogP contribution in [0.25, 0.3) is 5.69 Å². The molecule has 0 spiro atoms. The molecule has 1 N–H and O–H groups in total. The Labute approximate surface area is 124 Å². The first-order valence-corrected chi connectivity index (χ1v) is 6.42. The van der Waals surface area contributed by atoms with Crippen LogP contribution in [0.3, 0.4) is 0 Å². The van der Waals surface area contributed by atoms with Gasteiger partial charge in [0.15, 0.2) is 0 Å². The van der Waals surface area contributed by atoms with Crippen LogP contribution in [0, 0.1) is 0 Å². The minimum atomic E-state index is -4.43. The second kappa shape index (κ2) is 7.08. The van der Waals surface area contributed by atoms with Crippen molar-refractivity contribution in [2.75, 3.05) is 13.2 Å². The lowest BCUT2D eigenvalue weighted by molar-refractivity contribution is -0.175. The van der Waals surface area contributed by atoms with Crippen molar-refractivity contribution in [3.8, 4) is 5.69 Å². The number of benzene rings is 1. The van der Waals surface area contributed by atoms with Crippen molar-refractivity contribution in [2.45, 2.75) is 12.7 Å². The second-order valence-electron chi connectivity index (χ2n) is 4.52. The summed E-state index contributed by atoms with van der Waals surface area (Å²) < 4.78 is 41.6. The molecular weight excluding hydrogens is 299 g/mol. The van der Waals surface area contributed by atoms with E-state index in [4.69, 9.17) is 0 Å². The van der Waals surface area contributed by atoms with Gasteiger partial charge in [-0.25, -0.2) is 4.98 Å². The van der Waals surface area contributed by atoms with Crippen molar-refractivity contribution >= 4 is 5.91 Å². The van der Waals surface area contributed by atoms with Crippen LogP contribution < -0.4 is 5.32 Å². The number of imidazole rings is 1. The van der Waals surface area contributed by atoms with E-state index in [-0.39, 0.29) is 6.54 Å². The van der Waals surface area contributed by atoms with Gasteiger partial charge in [0.05, 0.1) is 6.33 Å². The van der Waals surface area contributed by atoms with Crippen molar-refractivity contribution in [2.24, 2.45) is 0 Å². The van der Waals surface area contributed by atoms with Crippen molar-refractivity contribution in [1.82, 2.24) is 14.9 Å². The fourth-order valence-electron chi connectivity index (χ4n) is 1.71. The van der Waals surface area contributed by atoms with Gasteiger partial charge >= 0.3 is 6.18 Å². The first-order chi connectivity index (χ1) is 10.4. The number of aromatic nitrogens is 2. The Bertz CT molecular complexity index is 595. The van der Waals surface area contributed by atoms with Gasteiger partial charge in [0.25, 0.3) is 0 Å². The van der Waals surface area contributed by atoms with Crippen molar-refractivity contribution < 1.29 is 22.7 Å². The maximum atomic E-state index is 11.8. The Kier molecular flexibility index (Phi) is 5.16. The monoisotopic (exact) mass is 313 g/mol. The minimum Gasteiger partial charge on any atom is -0.362 e. The number of rotatable bonds is 6. The normalized spacial score (nSPS) is 11.4. The van der Waals surface area contributed by atoms with E-state index in [1.54, 1.807) is 18.7 Å². The van der Waals surface area contributed by atoms with Crippen LogP contribution in [0.1, 0.15) is 5.56 Å². The highest BCUT2D eigenvalue weighted by Gasteiger charge is 2.27. The van der Waals surface area contributed by atoms with E-state index < -0.39 is 25.3 Å². The average molecular weight is 313 g/mol. The molecule has 2 rings (SSSR count). The Morgan fingerprint density at radius 1 is 1.27 bits per heavy atom. The number of nitrogens with zero attached hydrogens (tertiary/aromatic N) is 2. The van der Waals surface area contributed by atoms with Gasteiger partial charge < -0.3 is 14.6 Å². The third-order valence-electron chi connectivity index (χ3n) is 2.73. The standard InChI is InChI=1S/C14H14F3N3O2/c15-14(16,17)9-22-8-13(21)19-7-11-1-3-12(4-2-11)20-6-5-18-10-20/h1-6,10H,7-9H2,(H,19,21). The quantitative estimate of drug-likeness (QED) is 0.888. The predicted molar refractivity (Wildman–Crippen MR) is 72.3 cm³/mol. The molecule has 22 heavy (non-hydrogen) atoms. The molecule has 0 aliphatic rings. The van der Waals surface area contributed by atoms with E-state index in [2.05, 4.69) is 15.0 Å². The van der Waals surface area contributed by atoms with Gasteiger partial charge in [-0.2, -0.15) is 13.2 Å². The van der Waals surface area contributed by atoms with Crippen LogP contribution in [0.2, 0.25) is 0 Å². The number of hydrogen-bond donors (Lipinski definition) is 1.